The standard InChI is InChI=1S/C48H40N6/c1-3-9-31-13-17-33(18-14-31)45-37-21-22-38(51-37)46(34-19-15-32(10-4-2)16-20-34)40-24-26-42(53-40)48(36-12-6-8-30-50-36)44-28-27-43(54-44)47(35-11-5-7-29-49-35)41-25-23-39(45)52-41/h5-8,11-30,52-53H,3-4,9-10H2,1-2H3. The fourth-order valence-corrected chi connectivity index (χ4v) is 7.63. The van der Waals surface area contributed by atoms with Gasteiger partial charge in [-0.1, -0.05) is 87.4 Å². The predicted molar refractivity (Wildman–Crippen MR) is 224 cm³/mol. The van der Waals surface area contributed by atoms with E-state index < -0.39 is 0 Å². The van der Waals surface area contributed by atoms with E-state index in [0.29, 0.717) is 0 Å². The second-order valence-corrected chi connectivity index (χ2v) is 13.8. The van der Waals surface area contributed by atoms with Gasteiger partial charge in [0.15, 0.2) is 0 Å². The molecule has 0 saturated carbocycles. The summed E-state index contributed by atoms with van der Waals surface area (Å²) in [6.45, 7) is 4.44. The first kappa shape index (κ1) is 33.2. The van der Waals surface area contributed by atoms with Crippen LogP contribution in [0.5, 0.6) is 0 Å². The SMILES string of the molecule is CCCc1ccc(-c2c3nc(c(-c4ccc(CCC)cc4)c4ccc([nH]4)c(-c4ccccn4)c4nc(c(-c5ccccn5)c5ccc2[nH]5)C=C4)C=C3)cc1. The summed E-state index contributed by atoms with van der Waals surface area (Å²) in [6, 6.07) is 38.5. The number of aromatic nitrogens is 6. The van der Waals surface area contributed by atoms with E-state index in [-0.39, 0.29) is 0 Å². The van der Waals surface area contributed by atoms with E-state index in [1.165, 1.54) is 11.1 Å². The highest BCUT2D eigenvalue weighted by molar-refractivity contribution is 5.99. The molecule has 2 N–H and O–H groups in total. The first-order chi connectivity index (χ1) is 26.7. The van der Waals surface area contributed by atoms with Crippen LogP contribution in [0.4, 0.5) is 0 Å². The van der Waals surface area contributed by atoms with E-state index in [9.17, 15) is 0 Å². The maximum Gasteiger partial charge on any atom is 0.0753 e. The van der Waals surface area contributed by atoms with Gasteiger partial charge in [-0.15, -0.1) is 0 Å². The molecule has 5 aromatic heterocycles. The molecule has 7 heterocycles. The second kappa shape index (κ2) is 14.4. The van der Waals surface area contributed by atoms with Crippen LogP contribution in [0.15, 0.2) is 122 Å². The number of aryl methyl sites for hydroxylation is 2. The van der Waals surface area contributed by atoms with Crippen LogP contribution < -0.4 is 0 Å². The Balaban J connectivity index is 1.43. The van der Waals surface area contributed by atoms with Gasteiger partial charge < -0.3 is 9.97 Å². The molecular formula is C48H40N6. The van der Waals surface area contributed by atoms with Crippen molar-refractivity contribution in [1.29, 1.82) is 0 Å². The van der Waals surface area contributed by atoms with Crippen molar-refractivity contribution >= 4 is 46.4 Å². The van der Waals surface area contributed by atoms with E-state index in [4.69, 9.17) is 19.9 Å². The number of benzene rings is 2. The zero-order chi connectivity index (χ0) is 36.4. The summed E-state index contributed by atoms with van der Waals surface area (Å²) < 4.78 is 0. The molecule has 0 amide bonds. The second-order valence-electron chi connectivity index (χ2n) is 13.8. The lowest BCUT2D eigenvalue weighted by molar-refractivity contribution is 0.922. The van der Waals surface area contributed by atoms with Crippen LogP contribution in [0.2, 0.25) is 0 Å². The molecule has 0 saturated heterocycles. The van der Waals surface area contributed by atoms with Crippen LogP contribution in [0.25, 0.3) is 91.1 Å². The maximum atomic E-state index is 5.44. The number of pyridine rings is 2. The Kier molecular flexibility index (Phi) is 8.85. The predicted octanol–water partition coefficient (Wildman–Crippen LogP) is 12.0. The van der Waals surface area contributed by atoms with Crippen molar-refractivity contribution in [2.75, 3.05) is 0 Å². The monoisotopic (exact) mass is 700 g/mol. The third-order valence-corrected chi connectivity index (χ3v) is 10.2. The van der Waals surface area contributed by atoms with Gasteiger partial charge in [0.05, 0.1) is 45.2 Å². The molecule has 54 heavy (non-hydrogen) atoms. The van der Waals surface area contributed by atoms with E-state index in [1.807, 2.05) is 48.8 Å². The summed E-state index contributed by atoms with van der Waals surface area (Å²) >= 11 is 0. The van der Waals surface area contributed by atoms with Gasteiger partial charge >= 0.3 is 0 Å². The minimum absolute atomic E-state index is 0.822. The summed E-state index contributed by atoms with van der Waals surface area (Å²) in [6.07, 6.45) is 16.4. The van der Waals surface area contributed by atoms with Gasteiger partial charge in [-0.3, -0.25) is 9.97 Å². The Morgan fingerprint density at radius 1 is 0.407 bits per heavy atom. The molecule has 0 fully saturated rings. The van der Waals surface area contributed by atoms with Crippen LogP contribution in [0.3, 0.4) is 0 Å². The lowest BCUT2D eigenvalue weighted by Gasteiger charge is -2.08. The molecule has 7 aromatic rings. The zero-order valence-corrected chi connectivity index (χ0v) is 30.5. The van der Waals surface area contributed by atoms with Gasteiger partial charge in [0, 0.05) is 45.7 Å². The molecule has 2 aliphatic heterocycles. The van der Waals surface area contributed by atoms with Crippen molar-refractivity contribution in [2.24, 2.45) is 0 Å². The lowest BCUT2D eigenvalue weighted by atomic mass is 10.0. The fraction of sp³-hybridized carbons (Fsp3) is 0.125. The molecule has 0 atom stereocenters. The average Bonchev–Trinajstić information content (AvgIpc) is 4.05. The number of H-pyrrole nitrogens is 2. The highest BCUT2D eigenvalue weighted by Gasteiger charge is 2.19. The first-order valence-corrected chi connectivity index (χ1v) is 18.8. The van der Waals surface area contributed by atoms with Gasteiger partial charge in [0.1, 0.15) is 0 Å². The van der Waals surface area contributed by atoms with E-state index in [2.05, 4.69) is 121 Å². The molecular weight excluding hydrogens is 661 g/mol. The Hall–Kier alpha value is -6.66. The number of hydrogen-bond donors (Lipinski definition) is 2. The summed E-state index contributed by atoms with van der Waals surface area (Å²) in [5.74, 6) is 0. The zero-order valence-electron chi connectivity index (χ0n) is 30.5. The van der Waals surface area contributed by atoms with Crippen LogP contribution in [0.1, 0.15) is 60.6 Å². The quantitative estimate of drug-likeness (QED) is 0.165. The van der Waals surface area contributed by atoms with Gasteiger partial charge in [0.25, 0.3) is 0 Å². The normalized spacial score (nSPS) is 12.0. The van der Waals surface area contributed by atoms with Crippen molar-refractivity contribution in [3.8, 4) is 44.8 Å². The molecule has 2 aromatic carbocycles. The van der Waals surface area contributed by atoms with Crippen molar-refractivity contribution in [2.45, 2.75) is 39.5 Å². The minimum atomic E-state index is 0.822. The summed E-state index contributed by atoms with van der Waals surface area (Å²) in [7, 11) is 0. The van der Waals surface area contributed by atoms with Crippen LogP contribution in [-0.2, 0) is 12.8 Å². The highest BCUT2D eigenvalue weighted by atomic mass is 14.8. The average molecular weight is 701 g/mol. The third kappa shape index (κ3) is 6.26. The largest absolute Gasteiger partial charge is 0.354 e. The van der Waals surface area contributed by atoms with Crippen molar-refractivity contribution in [3.05, 3.63) is 155 Å². The van der Waals surface area contributed by atoms with Crippen LogP contribution >= 0.6 is 0 Å². The number of aromatic amines is 2. The number of hydrogen-bond acceptors (Lipinski definition) is 4. The topological polar surface area (TPSA) is 83.1 Å². The molecule has 2 aliphatic rings. The maximum absolute atomic E-state index is 5.44. The summed E-state index contributed by atoms with van der Waals surface area (Å²) in [5, 5.41) is 0. The van der Waals surface area contributed by atoms with E-state index in [1.54, 1.807) is 0 Å². The molecule has 0 aliphatic carbocycles. The lowest BCUT2D eigenvalue weighted by Crippen LogP contribution is -1.91. The molecule has 6 heteroatoms. The van der Waals surface area contributed by atoms with Gasteiger partial charge in [-0.05, 0) is 108 Å². The number of nitrogens with zero attached hydrogens (tertiary/aromatic N) is 4. The molecule has 6 nitrogen and oxygen atoms in total. The summed E-state index contributed by atoms with van der Waals surface area (Å²) in [4.78, 5) is 28.0. The Labute approximate surface area is 315 Å². The number of fused-ring (bicyclic) bond motifs is 8. The third-order valence-electron chi connectivity index (χ3n) is 10.2. The smallest absolute Gasteiger partial charge is 0.0753 e. The van der Waals surface area contributed by atoms with E-state index in [0.717, 1.165) is 115 Å². The van der Waals surface area contributed by atoms with Crippen molar-refractivity contribution in [3.63, 3.8) is 0 Å². The molecule has 0 spiro atoms. The van der Waals surface area contributed by atoms with Crippen LogP contribution in [-0.4, -0.2) is 29.9 Å². The number of rotatable bonds is 8. The molecule has 0 radical (unpaired) electrons. The Bertz CT molecular complexity index is 2520. The molecule has 8 bridgehead atoms. The highest BCUT2D eigenvalue weighted by Crippen LogP contribution is 2.38. The van der Waals surface area contributed by atoms with E-state index >= 15 is 0 Å². The van der Waals surface area contributed by atoms with Gasteiger partial charge in [0.2, 0.25) is 0 Å². The fourth-order valence-electron chi connectivity index (χ4n) is 7.63. The number of nitrogens with one attached hydrogen (secondary N) is 2. The van der Waals surface area contributed by atoms with Gasteiger partial charge in [-0.2, -0.15) is 0 Å². The first-order valence-electron chi connectivity index (χ1n) is 18.8. The Morgan fingerprint density at radius 2 is 0.778 bits per heavy atom. The summed E-state index contributed by atoms with van der Waals surface area (Å²) in [5.41, 5.74) is 17.7. The van der Waals surface area contributed by atoms with Crippen molar-refractivity contribution in [1.82, 2.24) is 29.9 Å². The molecule has 0 unspecified atom stereocenters. The van der Waals surface area contributed by atoms with Gasteiger partial charge in [-0.25, -0.2) is 9.97 Å². The minimum Gasteiger partial charge on any atom is -0.354 e. The Morgan fingerprint density at radius 3 is 1.13 bits per heavy atom. The van der Waals surface area contributed by atoms with Crippen LogP contribution in [0, 0.1) is 0 Å². The van der Waals surface area contributed by atoms with Crippen molar-refractivity contribution < 1.29 is 0 Å². The molecule has 9 rings (SSSR count). The molecule has 262 valence electrons.